The van der Waals surface area contributed by atoms with E-state index in [0.29, 0.717) is 43.4 Å². The number of anilines is 3. The van der Waals surface area contributed by atoms with Gasteiger partial charge in [0.15, 0.2) is 0 Å². The number of aryl methyl sites for hydroxylation is 6. The van der Waals surface area contributed by atoms with Gasteiger partial charge in [0.05, 0.1) is 83.7 Å². The van der Waals surface area contributed by atoms with E-state index < -0.39 is 0 Å². The molecule has 2 saturated carbocycles. The third-order valence-electron chi connectivity index (χ3n) is 23.2. The third kappa shape index (κ3) is 15.8. The summed E-state index contributed by atoms with van der Waals surface area (Å²) in [5, 5.41) is 7.32. The van der Waals surface area contributed by atoms with Crippen molar-refractivity contribution in [3.05, 3.63) is 125 Å². The van der Waals surface area contributed by atoms with Crippen LogP contribution in [0.5, 0.6) is 0 Å². The standard InChI is InChI=1S/C28H39N3O4.C28H35N3O2.C25H32N6O4/c1-18-10-12-23-24(30(18)28(33)34-3)13-14-25-27(23)29-26(15-11-22-9-4-5-16-35-22)31(25)21-8-6-7-20(17-21)19(2)32;1-19-14-15-23-24(30(19)28(32)33-3)16-17-25-27(23)29-26(18-21-10-6-4-7-11-21)31(25)20(2)22-12-8-5-9-13-22;1-17-6-7-19-20(31(17)25(33)34-2)8-9-21-24(19)28-22(10-13-29-12-4-11-27-29)30(21)16-23(32)26-15-18-5-3-14-35-18/h13-14,18,20-22H,4-12,15-17H2,1-3H3;4,6-7,10-11,16-17,19-20,22H,5,8-9,12-15,18H2,1-3H3;4,8-9,11-12,17-18H,3,5-7,10,13-16H2,1-2H3,(H,26,32)/t18-,20+,21+,22-;19-,20-;17-,18+/m000/s1. The molecule has 0 radical (unpaired) electrons. The number of rotatable bonds is 16. The number of imidazole rings is 3. The fourth-order valence-electron chi connectivity index (χ4n) is 17.6. The molecule has 4 aromatic carbocycles. The summed E-state index contributed by atoms with van der Waals surface area (Å²) >= 11 is 0. The zero-order chi connectivity index (χ0) is 71.8. The number of aromatic nitrogens is 8. The number of methoxy groups -OCH3 is 3. The molecular formula is C81H106N12O10. The maximum Gasteiger partial charge on any atom is 0.414 e. The molecule has 15 rings (SSSR count). The van der Waals surface area contributed by atoms with Crippen molar-refractivity contribution in [3.8, 4) is 0 Å². The highest BCUT2D eigenvalue weighted by molar-refractivity contribution is 5.98. The summed E-state index contributed by atoms with van der Waals surface area (Å²) in [5.41, 5.74) is 13.5. The fourth-order valence-corrected chi connectivity index (χ4v) is 17.6. The largest absolute Gasteiger partial charge is 0.452 e. The lowest BCUT2D eigenvalue weighted by Crippen LogP contribution is -2.42. The Kier molecular flexibility index (Phi) is 23.3. The Balaban J connectivity index is 0.000000138. The van der Waals surface area contributed by atoms with Crippen molar-refractivity contribution >= 4 is 80.1 Å². The van der Waals surface area contributed by atoms with Gasteiger partial charge in [-0.05, 0) is 198 Å². The molecule has 1 N–H and O–H groups in total. The van der Waals surface area contributed by atoms with Crippen molar-refractivity contribution in [1.29, 1.82) is 0 Å². The Bertz CT molecular complexity index is 4280. The molecule has 5 aliphatic heterocycles. The average molecular weight is 1410 g/mol. The van der Waals surface area contributed by atoms with Crippen molar-refractivity contribution in [3.63, 3.8) is 0 Å². The van der Waals surface area contributed by atoms with Crippen LogP contribution < -0.4 is 20.0 Å². The maximum atomic E-state index is 12.9. The fraction of sp³-hybridized carbons (Fsp3) is 0.568. The SMILES string of the molecule is COC(=O)N1c2ccc3c(nc(CC[C@@H]4CCCCO4)n3[C@@H]3CCC[C@@H](C(C)=O)C3)c2CC[C@@H]1C.COC(=O)N1c2ccc3c(nc(CCn4cccn4)n3CC(=O)NC[C@H]3CCCO3)c2CC[C@@H]1C.COC(=O)N1c2ccc3c(nc(Cc4ccccc4)n3[C@@H](C)C3CCCCC3)c2CC[C@@H]1C. The number of hydrogen-bond donors (Lipinski definition) is 1. The van der Waals surface area contributed by atoms with E-state index in [2.05, 4.69) is 94.9 Å². The first-order valence-electron chi connectivity index (χ1n) is 38.3. The van der Waals surface area contributed by atoms with Gasteiger partial charge < -0.3 is 42.7 Å². The molecule has 4 aromatic heterocycles. The van der Waals surface area contributed by atoms with E-state index in [-0.39, 0.29) is 66.9 Å². The summed E-state index contributed by atoms with van der Waals surface area (Å²) in [5.74, 6) is 4.10. The van der Waals surface area contributed by atoms with Crippen LogP contribution in [0.4, 0.5) is 31.4 Å². The molecule has 0 bridgehead atoms. The second-order valence-corrected chi connectivity index (χ2v) is 29.8. The molecule has 8 atom stereocenters. The van der Waals surface area contributed by atoms with Gasteiger partial charge >= 0.3 is 18.3 Å². The molecule has 4 amide bonds. The van der Waals surface area contributed by atoms with Crippen molar-refractivity contribution in [2.75, 3.05) is 55.8 Å². The van der Waals surface area contributed by atoms with Gasteiger partial charge in [0.2, 0.25) is 5.91 Å². The summed E-state index contributed by atoms with van der Waals surface area (Å²) in [7, 11) is 4.30. The van der Waals surface area contributed by atoms with Gasteiger partial charge in [-0.1, -0.05) is 56.0 Å². The normalized spacial score (nSPS) is 22.3. The number of hydrogen-bond acceptors (Lipinski definition) is 14. The van der Waals surface area contributed by atoms with Gasteiger partial charge in [-0.2, -0.15) is 5.10 Å². The van der Waals surface area contributed by atoms with E-state index in [1.54, 1.807) is 27.8 Å². The number of amides is 4. The second-order valence-electron chi connectivity index (χ2n) is 29.8. The van der Waals surface area contributed by atoms with Crippen LogP contribution in [-0.4, -0.2) is 140 Å². The van der Waals surface area contributed by atoms with Gasteiger partial charge in [-0.15, -0.1) is 0 Å². The number of ether oxygens (including phenoxy) is 5. The molecule has 0 unspecified atom stereocenters. The molecule has 22 heteroatoms. The van der Waals surface area contributed by atoms with E-state index in [1.165, 1.54) is 76.5 Å². The highest BCUT2D eigenvalue weighted by Gasteiger charge is 2.38. The topological polar surface area (TPSA) is 225 Å². The summed E-state index contributed by atoms with van der Waals surface area (Å²) in [4.78, 5) is 83.7. The number of fused-ring (bicyclic) bond motifs is 9. The van der Waals surface area contributed by atoms with Crippen LogP contribution in [0.15, 0.2) is 85.2 Å². The van der Waals surface area contributed by atoms with Crippen LogP contribution in [-0.2, 0) is 84.9 Å². The number of nitrogens with zero attached hydrogens (tertiary/aromatic N) is 11. The quantitative estimate of drug-likeness (QED) is 0.0889. The highest BCUT2D eigenvalue weighted by Crippen LogP contribution is 2.44. The predicted molar refractivity (Wildman–Crippen MR) is 399 cm³/mol. The molecule has 9 heterocycles. The van der Waals surface area contributed by atoms with Crippen molar-refractivity contribution < 1.29 is 47.7 Å². The first-order chi connectivity index (χ1) is 50.1. The highest BCUT2D eigenvalue weighted by atomic mass is 16.6. The molecule has 0 spiro atoms. The molecule has 550 valence electrons. The lowest BCUT2D eigenvalue weighted by Gasteiger charge is -2.34. The van der Waals surface area contributed by atoms with Crippen LogP contribution >= 0.6 is 0 Å². The van der Waals surface area contributed by atoms with E-state index in [4.69, 9.17) is 38.6 Å². The molecule has 2 aliphatic carbocycles. The first-order valence-corrected chi connectivity index (χ1v) is 38.3. The second kappa shape index (κ2) is 33.0. The Labute approximate surface area is 605 Å². The number of nitrogens with one attached hydrogen (secondary N) is 1. The lowest BCUT2D eigenvalue weighted by molar-refractivity contribution is -0.122. The van der Waals surface area contributed by atoms with Gasteiger partial charge in [-0.25, -0.2) is 29.3 Å². The summed E-state index contributed by atoms with van der Waals surface area (Å²) in [6.07, 6.45) is 27.8. The monoisotopic (exact) mass is 1410 g/mol. The maximum absolute atomic E-state index is 12.9. The molecule has 7 aliphatic rings. The van der Waals surface area contributed by atoms with E-state index in [9.17, 15) is 24.0 Å². The van der Waals surface area contributed by atoms with Crippen LogP contribution in [0, 0.1) is 11.8 Å². The van der Waals surface area contributed by atoms with Crippen LogP contribution in [0.25, 0.3) is 33.1 Å². The van der Waals surface area contributed by atoms with Gasteiger partial charge in [0.1, 0.15) is 29.8 Å². The minimum Gasteiger partial charge on any atom is -0.452 e. The molecule has 2 saturated heterocycles. The number of carbonyl (C=O) groups is 5. The number of benzene rings is 4. The minimum atomic E-state index is -0.371. The number of carbonyl (C=O) groups excluding carboxylic acids is 5. The minimum absolute atomic E-state index is 0.0392. The molecule has 103 heavy (non-hydrogen) atoms. The van der Waals surface area contributed by atoms with Crippen molar-refractivity contribution in [2.45, 2.75) is 244 Å². The number of ketones is 1. The lowest BCUT2D eigenvalue weighted by atomic mass is 9.83. The Morgan fingerprint density at radius 1 is 0.573 bits per heavy atom. The first kappa shape index (κ1) is 72.7. The van der Waals surface area contributed by atoms with Crippen molar-refractivity contribution in [1.82, 2.24) is 43.8 Å². The van der Waals surface area contributed by atoms with Gasteiger partial charge in [0.25, 0.3) is 0 Å². The van der Waals surface area contributed by atoms with Gasteiger partial charge in [-0.3, -0.25) is 29.0 Å². The van der Waals surface area contributed by atoms with E-state index in [1.807, 2.05) is 40.6 Å². The van der Waals surface area contributed by atoms with Gasteiger partial charge in [0, 0.05) is 111 Å². The van der Waals surface area contributed by atoms with E-state index in [0.717, 1.165) is 196 Å². The van der Waals surface area contributed by atoms with Crippen LogP contribution in [0.3, 0.4) is 0 Å². The van der Waals surface area contributed by atoms with Crippen LogP contribution in [0.1, 0.15) is 202 Å². The average Bonchev–Trinajstić information content (AvgIpc) is 1.55. The zero-order valence-corrected chi connectivity index (χ0v) is 61.8. The molecular weight excluding hydrogens is 1300 g/mol. The molecule has 22 nitrogen and oxygen atoms in total. The Morgan fingerprint density at radius 2 is 1.14 bits per heavy atom. The van der Waals surface area contributed by atoms with Crippen molar-refractivity contribution in [2.24, 2.45) is 11.8 Å². The van der Waals surface area contributed by atoms with Crippen LogP contribution in [0.2, 0.25) is 0 Å². The molecule has 8 aromatic rings. The predicted octanol–water partition coefficient (Wildman–Crippen LogP) is 15.1. The summed E-state index contributed by atoms with van der Waals surface area (Å²) in [6, 6.07) is 25.9. The Morgan fingerprint density at radius 3 is 1.72 bits per heavy atom. The number of Topliss-reactive ketones (excluding diaryl/α,β-unsaturated/α-hetero) is 1. The smallest absolute Gasteiger partial charge is 0.414 e. The molecule has 4 fully saturated rings. The van der Waals surface area contributed by atoms with E-state index >= 15 is 0 Å². The summed E-state index contributed by atoms with van der Waals surface area (Å²) in [6.45, 7) is 13.3. The third-order valence-corrected chi connectivity index (χ3v) is 23.2. The Hall–Kier alpha value is -8.63. The summed E-state index contributed by atoms with van der Waals surface area (Å²) < 4.78 is 35.7. The zero-order valence-electron chi connectivity index (χ0n) is 61.8.